The minimum absolute atomic E-state index is 0.0336. The second-order valence-corrected chi connectivity index (χ2v) is 3.73. The summed E-state index contributed by atoms with van der Waals surface area (Å²) in [5.74, 6) is 0. The van der Waals surface area contributed by atoms with Crippen LogP contribution in [-0.4, -0.2) is 15.9 Å². The van der Waals surface area contributed by atoms with Crippen LogP contribution in [0, 0.1) is 10.1 Å². The monoisotopic (exact) mass is 245 g/mol. The number of nitrogens with zero attached hydrogens (tertiary/aromatic N) is 2. The lowest BCUT2D eigenvalue weighted by Crippen LogP contribution is -2.35. The van der Waals surface area contributed by atoms with Crippen molar-refractivity contribution in [1.82, 2.24) is 4.90 Å². The molecule has 1 aromatic carbocycles. The third-order valence-corrected chi connectivity index (χ3v) is 2.66. The number of nitro benzene ring substituents is 1. The number of para-hydroxylation sites is 1. The average Bonchev–Trinajstić information content (AvgIpc) is 2.38. The zero-order valence-electron chi connectivity index (χ0n) is 9.39. The van der Waals surface area contributed by atoms with E-state index in [1.54, 1.807) is 36.4 Å². The van der Waals surface area contributed by atoms with E-state index in [-0.39, 0.29) is 5.69 Å². The first-order valence-corrected chi connectivity index (χ1v) is 5.27. The molecular weight excluding hydrogens is 234 g/mol. The number of amides is 2. The number of hydrogen-bond donors (Lipinski definition) is 1. The highest BCUT2D eigenvalue weighted by Gasteiger charge is 2.26. The number of allylic oxidation sites excluding steroid dienone is 2. The Hall–Kier alpha value is -2.63. The van der Waals surface area contributed by atoms with E-state index in [1.165, 1.54) is 17.2 Å². The van der Waals surface area contributed by atoms with E-state index in [9.17, 15) is 14.9 Å². The molecule has 6 heteroatoms. The Bertz CT molecular complexity index is 551. The molecule has 0 spiro atoms. The molecule has 1 aromatic rings. The van der Waals surface area contributed by atoms with Crippen LogP contribution in [0.5, 0.6) is 0 Å². The maximum absolute atomic E-state index is 11.3. The third-order valence-electron chi connectivity index (χ3n) is 2.66. The first-order valence-electron chi connectivity index (χ1n) is 5.27. The molecule has 18 heavy (non-hydrogen) atoms. The number of nitrogens with two attached hydrogens (primary N) is 1. The molecule has 2 amide bonds. The van der Waals surface area contributed by atoms with Gasteiger partial charge in [-0.15, -0.1) is 0 Å². The normalized spacial score (nSPS) is 17.8. The Morgan fingerprint density at radius 3 is 2.72 bits per heavy atom. The Kier molecular flexibility index (Phi) is 3.09. The van der Waals surface area contributed by atoms with Crippen LogP contribution in [0.1, 0.15) is 11.6 Å². The van der Waals surface area contributed by atoms with Gasteiger partial charge in [0.25, 0.3) is 5.69 Å². The minimum atomic E-state index is -0.654. The van der Waals surface area contributed by atoms with E-state index in [1.807, 2.05) is 0 Å². The van der Waals surface area contributed by atoms with Crippen LogP contribution in [0.2, 0.25) is 0 Å². The smallest absolute Gasteiger partial charge is 0.319 e. The van der Waals surface area contributed by atoms with E-state index in [4.69, 9.17) is 5.73 Å². The van der Waals surface area contributed by atoms with Gasteiger partial charge in [0.1, 0.15) is 0 Å². The second kappa shape index (κ2) is 4.70. The van der Waals surface area contributed by atoms with Gasteiger partial charge in [-0.25, -0.2) is 4.79 Å². The molecule has 92 valence electrons. The highest BCUT2D eigenvalue weighted by molar-refractivity contribution is 5.75. The molecule has 1 aliphatic heterocycles. The van der Waals surface area contributed by atoms with E-state index < -0.39 is 17.0 Å². The van der Waals surface area contributed by atoms with Crippen LogP contribution < -0.4 is 5.73 Å². The van der Waals surface area contributed by atoms with Gasteiger partial charge in [0.05, 0.1) is 16.5 Å². The van der Waals surface area contributed by atoms with Crippen LogP contribution in [-0.2, 0) is 0 Å². The number of benzene rings is 1. The van der Waals surface area contributed by atoms with Gasteiger partial charge in [-0.1, -0.05) is 24.3 Å². The number of primary amides is 1. The lowest BCUT2D eigenvalue weighted by atomic mass is 10.0. The van der Waals surface area contributed by atoms with Crippen LogP contribution >= 0.6 is 0 Å². The summed E-state index contributed by atoms with van der Waals surface area (Å²) in [7, 11) is 0. The van der Waals surface area contributed by atoms with Crippen molar-refractivity contribution in [1.29, 1.82) is 0 Å². The van der Waals surface area contributed by atoms with Crippen molar-refractivity contribution in [3.8, 4) is 0 Å². The van der Waals surface area contributed by atoms with Crippen molar-refractivity contribution < 1.29 is 9.72 Å². The van der Waals surface area contributed by atoms with E-state index in [2.05, 4.69) is 0 Å². The largest absolute Gasteiger partial charge is 0.351 e. The van der Waals surface area contributed by atoms with Gasteiger partial charge in [0, 0.05) is 12.3 Å². The summed E-state index contributed by atoms with van der Waals surface area (Å²) < 4.78 is 0. The molecule has 0 aromatic heterocycles. The molecule has 0 saturated heterocycles. The molecule has 1 heterocycles. The summed E-state index contributed by atoms with van der Waals surface area (Å²) in [4.78, 5) is 23.1. The van der Waals surface area contributed by atoms with Gasteiger partial charge in [-0.05, 0) is 12.1 Å². The highest BCUT2D eigenvalue weighted by Crippen LogP contribution is 2.31. The minimum Gasteiger partial charge on any atom is -0.351 e. The predicted octanol–water partition coefficient (Wildman–Crippen LogP) is 2.10. The number of rotatable bonds is 2. The van der Waals surface area contributed by atoms with Gasteiger partial charge in [0.2, 0.25) is 0 Å². The molecule has 1 atom stereocenters. The topological polar surface area (TPSA) is 89.5 Å². The first kappa shape index (κ1) is 11.8. The zero-order valence-corrected chi connectivity index (χ0v) is 9.39. The summed E-state index contributed by atoms with van der Waals surface area (Å²) in [5.41, 5.74) is 5.65. The highest BCUT2D eigenvalue weighted by atomic mass is 16.6. The number of carbonyl (C=O) groups is 1. The third kappa shape index (κ3) is 2.08. The van der Waals surface area contributed by atoms with Crippen LogP contribution in [0.4, 0.5) is 10.5 Å². The lowest BCUT2D eigenvalue weighted by Gasteiger charge is -2.26. The summed E-state index contributed by atoms with van der Waals surface area (Å²) in [6.07, 6.45) is 6.56. The predicted molar refractivity (Wildman–Crippen MR) is 65.5 cm³/mol. The maximum Gasteiger partial charge on any atom is 0.319 e. The number of urea groups is 1. The van der Waals surface area contributed by atoms with Crippen molar-refractivity contribution in [2.24, 2.45) is 5.73 Å². The lowest BCUT2D eigenvalue weighted by molar-refractivity contribution is -0.385. The van der Waals surface area contributed by atoms with E-state index >= 15 is 0 Å². The Labute approximate surface area is 103 Å². The maximum atomic E-state index is 11.3. The van der Waals surface area contributed by atoms with Crippen molar-refractivity contribution in [3.05, 3.63) is 64.4 Å². The van der Waals surface area contributed by atoms with Crippen LogP contribution in [0.15, 0.2) is 48.7 Å². The van der Waals surface area contributed by atoms with Crippen molar-refractivity contribution >= 4 is 11.7 Å². The Morgan fingerprint density at radius 1 is 1.33 bits per heavy atom. The van der Waals surface area contributed by atoms with Crippen LogP contribution in [0.3, 0.4) is 0 Å². The fourth-order valence-electron chi connectivity index (χ4n) is 1.87. The molecule has 1 aliphatic rings. The van der Waals surface area contributed by atoms with Crippen molar-refractivity contribution in [3.63, 3.8) is 0 Å². The Balaban J connectivity index is 2.47. The van der Waals surface area contributed by atoms with Crippen molar-refractivity contribution in [2.75, 3.05) is 0 Å². The molecule has 0 aliphatic carbocycles. The number of nitro groups is 1. The summed E-state index contributed by atoms with van der Waals surface area (Å²) in [5, 5.41) is 11.0. The molecular formula is C12H11N3O3. The zero-order chi connectivity index (χ0) is 13.1. The first-order chi connectivity index (χ1) is 8.61. The summed E-state index contributed by atoms with van der Waals surface area (Å²) in [6, 6.07) is 5.09. The average molecular weight is 245 g/mol. The van der Waals surface area contributed by atoms with E-state index in [0.29, 0.717) is 5.56 Å². The standard InChI is InChI=1S/C12H11N3O3/c13-12(16)14-8-4-3-6-10(14)9-5-1-2-7-11(9)15(17)18/h1-8,10H,(H2,13,16). The fraction of sp³-hybridized carbons (Fsp3) is 0.0833. The molecule has 6 nitrogen and oxygen atoms in total. The second-order valence-electron chi connectivity index (χ2n) is 3.73. The number of carbonyl (C=O) groups excluding carboxylic acids is 1. The molecule has 0 fully saturated rings. The SMILES string of the molecule is NC(=O)N1C=CC=CC1c1ccccc1[N+](=O)[O-]. The molecule has 2 rings (SSSR count). The molecule has 0 saturated carbocycles. The summed E-state index contributed by atoms with van der Waals surface area (Å²) in [6.45, 7) is 0. The quantitative estimate of drug-likeness (QED) is 0.639. The molecule has 0 bridgehead atoms. The fourth-order valence-corrected chi connectivity index (χ4v) is 1.87. The molecule has 2 N–H and O–H groups in total. The number of hydrogen-bond acceptors (Lipinski definition) is 3. The van der Waals surface area contributed by atoms with Crippen molar-refractivity contribution in [2.45, 2.75) is 6.04 Å². The molecule has 1 unspecified atom stereocenters. The summed E-state index contributed by atoms with van der Waals surface area (Å²) >= 11 is 0. The van der Waals surface area contributed by atoms with Gasteiger partial charge in [-0.2, -0.15) is 0 Å². The van der Waals surface area contributed by atoms with Gasteiger partial charge < -0.3 is 5.73 Å². The Morgan fingerprint density at radius 2 is 2.06 bits per heavy atom. The van der Waals surface area contributed by atoms with Crippen LogP contribution in [0.25, 0.3) is 0 Å². The molecule has 0 radical (unpaired) electrons. The van der Waals surface area contributed by atoms with Gasteiger partial charge in [-0.3, -0.25) is 15.0 Å². The van der Waals surface area contributed by atoms with Gasteiger partial charge in [0.15, 0.2) is 0 Å². The van der Waals surface area contributed by atoms with E-state index in [0.717, 1.165) is 0 Å². The van der Waals surface area contributed by atoms with Gasteiger partial charge >= 0.3 is 6.03 Å².